The number of nitrogens with zero attached hydrogens (tertiary/aromatic N) is 1. The van der Waals surface area contributed by atoms with E-state index in [4.69, 9.17) is 17.3 Å². The van der Waals surface area contributed by atoms with Gasteiger partial charge in [0.1, 0.15) is 11.5 Å². The van der Waals surface area contributed by atoms with Crippen molar-refractivity contribution in [2.24, 2.45) is 0 Å². The molecular weight excluding hydrogens is 214 g/mol. The summed E-state index contributed by atoms with van der Waals surface area (Å²) in [7, 11) is 0. The Morgan fingerprint density at radius 2 is 2.07 bits per heavy atom. The quantitative estimate of drug-likeness (QED) is 0.769. The molecule has 3 N–H and O–H groups in total. The molecule has 1 aromatic heterocycles. The number of anilines is 1. The van der Waals surface area contributed by atoms with Gasteiger partial charge in [0.15, 0.2) is 0 Å². The number of nitrogens with one attached hydrogen (secondary N) is 1. The van der Waals surface area contributed by atoms with E-state index in [0.29, 0.717) is 5.02 Å². The van der Waals surface area contributed by atoms with Gasteiger partial charge in [-0.1, -0.05) is 11.6 Å². The van der Waals surface area contributed by atoms with Crippen LogP contribution in [0.2, 0.25) is 5.02 Å². The number of rotatable bonds is 1. The maximum Gasteiger partial charge on any atom is 0.271 e. The highest BCUT2D eigenvalue weighted by molar-refractivity contribution is 6.33. The van der Waals surface area contributed by atoms with Crippen molar-refractivity contribution in [3.8, 4) is 0 Å². The third-order valence-corrected chi connectivity index (χ3v) is 1.88. The summed E-state index contributed by atoms with van der Waals surface area (Å²) >= 11 is 5.84. The molecule has 4 nitrogen and oxygen atoms in total. The summed E-state index contributed by atoms with van der Waals surface area (Å²) in [5, 5.41) is 3.06. The molecule has 0 radical (unpaired) electrons. The molecule has 15 heavy (non-hydrogen) atoms. The van der Waals surface area contributed by atoms with Crippen molar-refractivity contribution in [2.75, 3.05) is 5.73 Å². The molecule has 0 bridgehead atoms. The Morgan fingerprint density at radius 1 is 1.47 bits per heavy atom. The third-order valence-electron chi connectivity index (χ3n) is 1.57. The minimum Gasteiger partial charge on any atom is -0.384 e. The summed E-state index contributed by atoms with van der Waals surface area (Å²) in [6, 6.07) is 3.11. The van der Waals surface area contributed by atoms with Gasteiger partial charge in [0.25, 0.3) is 5.91 Å². The zero-order valence-corrected chi connectivity index (χ0v) is 9.72. The molecule has 1 rings (SSSR count). The lowest BCUT2D eigenvalue weighted by atomic mass is 10.1. The predicted molar refractivity (Wildman–Crippen MR) is 60.9 cm³/mol. The number of nitrogen functional groups attached to an aromatic ring is 1. The van der Waals surface area contributed by atoms with Crippen LogP contribution in [0.25, 0.3) is 0 Å². The molecule has 0 spiro atoms. The van der Waals surface area contributed by atoms with E-state index in [1.54, 1.807) is 12.1 Å². The molecule has 1 heterocycles. The van der Waals surface area contributed by atoms with Crippen LogP contribution in [-0.4, -0.2) is 16.4 Å². The fraction of sp³-hybridized carbons (Fsp3) is 0.400. The minimum atomic E-state index is -0.327. The zero-order valence-electron chi connectivity index (χ0n) is 8.97. The van der Waals surface area contributed by atoms with Crippen LogP contribution in [0.5, 0.6) is 0 Å². The van der Waals surface area contributed by atoms with Gasteiger partial charge in [-0.15, -0.1) is 0 Å². The number of pyridine rings is 1. The van der Waals surface area contributed by atoms with Crippen LogP contribution in [0, 0.1) is 0 Å². The molecule has 0 aliphatic carbocycles. The Balaban J connectivity index is 2.96. The van der Waals surface area contributed by atoms with Crippen molar-refractivity contribution in [1.82, 2.24) is 10.3 Å². The lowest BCUT2D eigenvalue weighted by molar-refractivity contribution is 0.0914. The molecule has 0 saturated heterocycles. The van der Waals surface area contributed by atoms with Crippen molar-refractivity contribution in [2.45, 2.75) is 26.3 Å². The maximum absolute atomic E-state index is 11.7. The van der Waals surface area contributed by atoms with Gasteiger partial charge in [0.2, 0.25) is 0 Å². The highest BCUT2D eigenvalue weighted by atomic mass is 35.5. The van der Waals surface area contributed by atoms with Crippen molar-refractivity contribution in [3.05, 3.63) is 22.8 Å². The summed E-state index contributed by atoms with van der Waals surface area (Å²) in [6.07, 6.45) is 0. The van der Waals surface area contributed by atoms with Crippen LogP contribution in [-0.2, 0) is 0 Å². The summed E-state index contributed by atoms with van der Waals surface area (Å²) in [5.41, 5.74) is 5.31. The fourth-order valence-electron chi connectivity index (χ4n) is 1.02. The molecule has 0 saturated carbocycles. The van der Waals surface area contributed by atoms with Crippen LogP contribution in [0.4, 0.5) is 5.82 Å². The second-order valence-electron chi connectivity index (χ2n) is 4.27. The number of carbonyl (C=O) groups excluding carboxylic acids is 1. The van der Waals surface area contributed by atoms with E-state index in [1.807, 2.05) is 20.8 Å². The number of nitrogens with two attached hydrogens (primary N) is 1. The van der Waals surface area contributed by atoms with Gasteiger partial charge in [0, 0.05) is 5.54 Å². The molecule has 0 atom stereocenters. The van der Waals surface area contributed by atoms with Crippen LogP contribution >= 0.6 is 11.6 Å². The molecule has 82 valence electrons. The Kier molecular flexibility index (Phi) is 3.19. The van der Waals surface area contributed by atoms with Gasteiger partial charge in [-0.05, 0) is 32.9 Å². The normalized spacial score (nSPS) is 11.2. The molecule has 1 aromatic rings. The molecule has 0 aliphatic heterocycles. The Bertz CT molecular complexity index is 385. The third kappa shape index (κ3) is 3.40. The number of hydrogen-bond donors (Lipinski definition) is 2. The first-order valence-corrected chi connectivity index (χ1v) is 4.92. The number of amides is 1. The Morgan fingerprint density at radius 3 is 2.60 bits per heavy atom. The number of carbonyl (C=O) groups is 1. The summed E-state index contributed by atoms with van der Waals surface area (Å²) in [4.78, 5) is 15.6. The van der Waals surface area contributed by atoms with Crippen LogP contribution in [0.3, 0.4) is 0 Å². The summed E-state index contributed by atoms with van der Waals surface area (Å²) in [6.45, 7) is 5.64. The number of aromatic nitrogens is 1. The summed E-state index contributed by atoms with van der Waals surface area (Å²) < 4.78 is 0. The second-order valence-corrected chi connectivity index (χ2v) is 4.68. The number of halogens is 1. The molecule has 1 amide bonds. The van der Waals surface area contributed by atoms with E-state index in [9.17, 15) is 4.79 Å². The van der Waals surface area contributed by atoms with Gasteiger partial charge < -0.3 is 11.1 Å². The molecule has 5 heteroatoms. The molecular formula is C10H14ClN3O. The van der Waals surface area contributed by atoms with Crippen molar-refractivity contribution < 1.29 is 4.79 Å². The van der Waals surface area contributed by atoms with E-state index in [2.05, 4.69) is 10.3 Å². The van der Waals surface area contributed by atoms with Gasteiger partial charge in [-0.25, -0.2) is 4.98 Å². The van der Waals surface area contributed by atoms with Crippen LogP contribution in [0.1, 0.15) is 31.3 Å². The fourth-order valence-corrected chi connectivity index (χ4v) is 1.21. The standard InChI is InChI=1S/C10H14ClN3O/c1-10(2,3)14-9(15)8-6(11)4-5-7(12)13-8/h4-5H,1-3H3,(H2,12,13)(H,14,15). The lowest BCUT2D eigenvalue weighted by Gasteiger charge is -2.20. The van der Waals surface area contributed by atoms with Gasteiger partial charge in [0.05, 0.1) is 5.02 Å². The average Bonchev–Trinajstić information content (AvgIpc) is 2.06. The first-order valence-electron chi connectivity index (χ1n) is 4.54. The van der Waals surface area contributed by atoms with E-state index in [0.717, 1.165) is 0 Å². The van der Waals surface area contributed by atoms with E-state index < -0.39 is 0 Å². The second kappa shape index (κ2) is 4.06. The van der Waals surface area contributed by atoms with Crippen molar-refractivity contribution in [3.63, 3.8) is 0 Å². The molecule has 0 aliphatic rings. The van der Waals surface area contributed by atoms with Crippen molar-refractivity contribution in [1.29, 1.82) is 0 Å². The van der Waals surface area contributed by atoms with E-state index in [1.165, 1.54) is 0 Å². The summed E-state index contributed by atoms with van der Waals surface area (Å²) in [5.74, 6) is -0.0433. The topological polar surface area (TPSA) is 68.0 Å². The van der Waals surface area contributed by atoms with Gasteiger partial charge in [-0.2, -0.15) is 0 Å². The van der Waals surface area contributed by atoms with E-state index in [-0.39, 0.29) is 23.0 Å². The molecule has 0 fully saturated rings. The van der Waals surface area contributed by atoms with Crippen molar-refractivity contribution >= 4 is 23.3 Å². The SMILES string of the molecule is CC(C)(C)NC(=O)c1nc(N)ccc1Cl. The minimum absolute atomic E-state index is 0.159. The van der Waals surface area contributed by atoms with Gasteiger partial charge in [-0.3, -0.25) is 4.79 Å². The first kappa shape index (κ1) is 11.8. The highest BCUT2D eigenvalue weighted by Gasteiger charge is 2.18. The predicted octanol–water partition coefficient (Wildman–Crippen LogP) is 1.85. The zero-order chi connectivity index (χ0) is 11.6. The lowest BCUT2D eigenvalue weighted by Crippen LogP contribution is -2.41. The molecule has 0 unspecified atom stereocenters. The molecule has 0 aromatic carbocycles. The largest absolute Gasteiger partial charge is 0.384 e. The maximum atomic E-state index is 11.7. The Labute approximate surface area is 93.8 Å². The average molecular weight is 228 g/mol. The monoisotopic (exact) mass is 227 g/mol. The smallest absolute Gasteiger partial charge is 0.271 e. The first-order chi connectivity index (χ1) is 6.79. The van der Waals surface area contributed by atoms with Crippen LogP contribution < -0.4 is 11.1 Å². The Hall–Kier alpha value is -1.29. The number of hydrogen-bond acceptors (Lipinski definition) is 3. The highest BCUT2D eigenvalue weighted by Crippen LogP contribution is 2.15. The van der Waals surface area contributed by atoms with Gasteiger partial charge >= 0.3 is 0 Å². The van der Waals surface area contributed by atoms with E-state index >= 15 is 0 Å². The van der Waals surface area contributed by atoms with Crippen LogP contribution in [0.15, 0.2) is 12.1 Å².